The lowest BCUT2D eigenvalue weighted by Crippen LogP contribution is -2.24. The Bertz CT molecular complexity index is 487. The number of halogens is 2. The molecule has 0 saturated carbocycles. The highest BCUT2D eigenvalue weighted by atomic mass is 35.5. The molecule has 0 aliphatic carbocycles. The smallest absolute Gasteiger partial charge is 0.193 e. The van der Waals surface area contributed by atoms with Crippen LogP contribution < -0.4 is 5.32 Å². The zero-order chi connectivity index (χ0) is 12.4. The fraction of sp³-hybridized carbons (Fsp3) is 0.364. The minimum atomic E-state index is -0.146. The van der Waals surface area contributed by atoms with Gasteiger partial charge in [0.15, 0.2) is 5.22 Å². The van der Waals surface area contributed by atoms with Gasteiger partial charge in [-0.25, -0.2) is 0 Å². The van der Waals surface area contributed by atoms with Crippen molar-refractivity contribution in [1.29, 1.82) is 0 Å². The Morgan fingerprint density at radius 2 is 2.24 bits per heavy atom. The third-order valence-electron chi connectivity index (χ3n) is 2.50. The van der Waals surface area contributed by atoms with Crippen LogP contribution in [-0.2, 0) is 7.05 Å². The lowest BCUT2D eigenvalue weighted by Gasteiger charge is -2.16. The summed E-state index contributed by atoms with van der Waals surface area (Å²) in [6, 6.07) is 3.40. The number of nitrogens with zero attached hydrogens (tertiary/aromatic N) is 2. The normalized spacial score (nSPS) is 12.9. The molecule has 0 bridgehead atoms. The molecule has 0 aliphatic rings. The second-order valence-corrected chi connectivity index (χ2v) is 4.41. The second kappa shape index (κ2) is 5.12. The van der Waals surface area contributed by atoms with Crippen molar-refractivity contribution in [2.24, 2.45) is 7.05 Å². The van der Waals surface area contributed by atoms with Gasteiger partial charge in [-0.15, -0.1) is 0 Å². The number of hydrogen-bond acceptors (Lipinski definition) is 3. The lowest BCUT2D eigenvalue weighted by atomic mass is 10.1. The minimum Gasteiger partial charge on any atom is -0.448 e. The van der Waals surface area contributed by atoms with E-state index in [1.54, 1.807) is 16.9 Å². The standard InChI is InChI=1S/C11H13Cl2N3O/c1-3-14-10(8-4-5-9(13)17-8)11-7(12)6-15-16(11)2/h4-6,10,14H,3H2,1-2H3. The fourth-order valence-electron chi connectivity index (χ4n) is 1.76. The van der Waals surface area contributed by atoms with Crippen molar-refractivity contribution in [3.05, 3.63) is 40.0 Å². The molecule has 1 N–H and O–H groups in total. The Balaban J connectivity index is 2.42. The summed E-state index contributed by atoms with van der Waals surface area (Å²) < 4.78 is 7.16. The van der Waals surface area contributed by atoms with Crippen molar-refractivity contribution in [2.75, 3.05) is 6.54 Å². The number of hydrogen-bond donors (Lipinski definition) is 1. The maximum absolute atomic E-state index is 6.13. The minimum absolute atomic E-state index is 0.146. The van der Waals surface area contributed by atoms with E-state index in [4.69, 9.17) is 27.6 Å². The van der Waals surface area contributed by atoms with Crippen LogP contribution in [0.2, 0.25) is 10.2 Å². The molecule has 1 unspecified atom stereocenters. The van der Waals surface area contributed by atoms with E-state index in [0.29, 0.717) is 10.2 Å². The Kier molecular flexibility index (Phi) is 3.76. The summed E-state index contributed by atoms with van der Waals surface area (Å²) >= 11 is 11.9. The van der Waals surface area contributed by atoms with Crippen molar-refractivity contribution in [3.8, 4) is 0 Å². The highest BCUT2D eigenvalue weighted by Gasteiger charge is 2.23. The van der Waals surface area contributed by atoms with E-state index in [2.05, 4.69) is 10.4 Å². The monoisotopic (exact) mass is 273 g/mol. The Labute approximate surface area is 110 Å². The summed E-state index contributed by atoms with van der Waals surface area (Å²) in [5.41, 5.74) is 0.861. The molecule has 2 aromatic heterocycles. The lowest BCUT2D eigenvalue weighted by molar-refractivity contribution is 0.439. The number of aryl methyl sites for hydroxylation is 1. The summed E-state index contributed by atoms with van der Waals surface area (Å²) in [5.74, 6) is 0.724. The molecule has 1 atom stereocenters. The molecule has 2 rings (SSSR count). The molecule has 0 spiro atoms. The fourth-order valence-corrected chi connectivity index (χ4v) is 2.19. The largest absolute Gasteiger partial charge is 0.448 e. The van der Waals surface area contributed by atoms with Crippen LogP contribution in [-0.4, -0.2) is 16.3 Å². The Morgan fingerprint density at radius 1 is 1.47 bits per heavy atom. The molecule has 0 amide bonds. The van der Waals surface area contributed by atoms with E-state index in [9.17, 15) is 0 Å². The van der Waals surface area contributed by atoms with Gasteiger partial charge in [-0.05, 0) is 30.3 Å². The van der Waals surface area contributed by atoms with E-state index in [1.807, 2.05) is 20.0 Å². The summed E-state index contributed by atoms with van der Waals surface area (Å²) in [5, 5.41) is 8.39. The summed E-state index contributed by atoms with van der Waals surface area (Å²) in [6.45, 7) is 2.80. The summed E-state index contributed by atoms with van der Waals surface area (Å²) in [6.07, 6.45) is 1.62. The van der Waals surface area contributed by atoms with Gasteiger partial charge in [0.25, 0.3) is 0 Å². The van der Waals surface area contributed by atoms with Crippen LogP contribution >= 0.6 is 23.2 Å². The first kappa shape index (κ1) is 12.5. The van der Waals surface area contributed by atoms with Crippen molar-refractivity contribution < 1.29 is 4.42 Å². The van der Waals surface area contributed by atoms with Crippen molar-refractivity contribution in [3.63, 3.8) is 0 Å². The third-order valence-corrected chi connectivity index (χ3v) is 2.99. The molecule has 2 aromatic rings. The summed E-state index contributed by atoms with van der Waals surface area (Å²) in [7, 11) is 1.84. The van der Waals surface area contributed by atoms with Crippen LogP contribution in [0.4, 0.5) is 0 Å². The molecule has 2 heterocycles. The maximum Gasteiger partial charge on any atom is 0.193 e. The van der Waals surface area contributed by atoms with Crippen LogP contribution in [0, 0.1) is 0 Å². The van der Waals surface area contributed by atoms with Gasteiger partial charge in [0, 0.05) is 7.05 Å². The molecular weight excluding hydrogens is 261 g/mol. The molecule has 17 heavy (non-hydrogen) atoms. The van der Waals surface area contributed by atoms with E-state index in [-0.39, 0.29) is 6.04 Å². The van der Waals surface area contributed by atoms with Gasteiger partial charge in [0.2, 0.25) is 0 Å². The van der Waals surface area contributed by atoms with Crippen LogP contribution in [0.5, 0.6) is 0 Å². The molecule has 0 radical (unpaired) electrons. The van der Waals surface area contributed by atoms with Crippen LogP contribution in [0.25, 0.3) is 0 Å². The number of furan rings is 1. The van der Waals surface area contributed by atoms with E-state index >= 15 is 0 Å². The second-order valence-electron chi connectivity index (χ2n) is 3.63. The zero-order valence-corrected chi connectivity index (χ0v) is 11.1. The van der Waals surface area contributed by atoms with Gasteiger partial charge in [0.05, 0.1) is 16.9 Å². The van der Waals surface area contributed by atoms with Gasteiger partial charge < -0.3 is 9.73 Å². The number of nitrogens with one attached hydrogen (secondary N) is 1. The molecule has 0 aliphatic heterocycles. The topological polar surface area (TPSA) is 43.0 Å². The highest BCUT2D eigenvalue weighted by Crippen LogP contribution is 2.29. The van der Waals surface area contributed by atoms with Crippen molar-refractivity contribution in [1.82, 2.24) is 15.1 Å². The van der Waals surface area contributed by atoms with E-state index < -0.39 is 0 Å². The average Bonchev–Trinajstić information content (AvgIpc) is 2.84. The first-order chi connectivity index (χ1) is 8.13. The van der Waals surface area contributed by atoms with Crippen molar-refractivity contribution in [2.45, 2.75) is 13.0 Å². The zero-order valence-electron chi connectivity index (χ0n) is 9.58. The predicted octanol–water partition coefficient (Wildman–Crippen LogP) is 3.02. The SMILES string of the molecule is CCNC(c1ccc(Cl)o1)c1c(Cl)cnn1C. The van der Waals surface area contributed by atoms with Crippen molar-refractivity contribution >= 4 is 23.2 Å². The first-order valence-electron chi connectivity index (χ1n) is 5.29. The molecule has 0 saturated heterocycles. The van der Waals surface area contributed by atoms with Gasteiger partial charge in [-0.1, -0.05) is 18.5 Å². The average molecular weight is 274 g/mol. The van der Waals surface area contributed by atoms with E-state index in [0.717, 1.165) is 18.0 Å². The quantitative estimate of drug-likeness (QED) is 0.931. The Morgan fingerprint density at radius 3 is 2.71 bits per heavy atom. The van der Waals surface area contributed by atoms with Crippen LogP contribution in [0.1, 0.15) is 24.4 Å². The molecule has 4 nitrogen and oxygen atoms in total. The number of rotatable bonds is 4. The van der Waals surface area contributed by atoms with E-state index in [1.165, 1.54) is 0 Å². The highest BCUT2D eigenvalue weighted by molar-refractivity contribution is 6.31. The maximum atomic E-state index is 6.13. The van der Waals surface area contributed by atoms with Crippen LogP contribution in [0.3, 0.4) is 0 Å². The molecule has 92 valence electrons. The first-order valence-corrected chi connectivity index (χ1v) is 6.05. The third kappa shape index (κ3) is 2.49. The van der Waals surface area contributed by atoms with Gasteiger partial charge >= 0.3 is 0 Å². The Hall–Kier alpha value is -0.970. The molecular formula is C11H13Cl2N3O. The molecule has 0 aromatic carbocycles. The van der Waals surface area contributed by atoms with Gasteiger partial charge in [-0.3, -0.25) is 4.68 Å². The number of aromatic nitrogens is 2. The van der Waals surface area contributed by atoms with Gasteiger partial charge in [0.1, 0.15) is 11.8 Å². The molecule has 0 fully saturated rings. The molecule has 6 heteroatoms. The predicted molar refractivity (Wildman–Crippen MR) is 67.5 cm³/mol. The summed E-state index contributed by atoms with van der Waals surface area (Å²) in [4.78, 5) is 0. The van der Waals surface area contributed by atoms with Gasteiger partial charge in [-0.2, -0.15) is 5.10 Å². The van der Waals surface area contributed by atoms with Crippen LogP contribution in [0.15, 0.2) is 22.7 Å².